The van der Waals surface area contributed by atoms with E-state index in [1.165, 1.54) is 25.7 Å². The van der Waals surface area contributed by atoms with Crippen LogP contribution in [-0.2, 0) is 0 Å². The lowest BCUT2D eigenvalue weighted by Gasteiger charge is -2.22. The van der Waals surface area contributed by atoms with Gasteiger partial charge < -0.3 is 5.11 Å². The maximum absolute atomic E-state index is 9.43. The van der Waals surface area contributed by atoms with Gasteiger partial charge in [0.05, 0.1) is 6.10 Å². The summed E-state index contributed by atoms with van der Waals surface area (Å²) in [5.74, 6) is 2.73. The first-order chi connectivity index (χ1) is 5.79. The molecule has 1 heteroatoms. The SMILES string of the molecule is C=CC(O)CC1CC2CCC1C2. The maximum Gasteiger partial charge on any atom is 0.0721 e. The van der Waals surface area contributed by atoms with Gasteiger partial charge in [-0.3, -0.25) is 0 Å². The van der Waals surface area contributed by atoms with Crippen LogP contribution in [0.1, 0.15) is 32.1 Å². The van der Waals surface area contributed by atoms with Crippen LogP contribution in [0.3, 0.4) is 0 Å². The Morgan fingerprint density at radius 3 is 2.75 bits per heavy atom. The van der Waals surface area contributed by atoms with Gasteiger partial charge >= 0.3 is 0 Å². The van der Waals surface area contributed by atoms with Crippen LogP contribution < -0.4 is 0 Å². The van der Waals surface area contributed by atoms with Crippen molar-refractivity contribution in [2.75, 3.05) is 0 Å². The Kier molecular flexibility index (Phi) is 2.22. The summed E-state index contributed by atoms with van der Waals surface area (Å²) in [4.78, 5) is 0. The molecule has 12 heavy (non-hydrogen) atoms. The van der Waals surface area contributed by atoms with Gasteiger partial charge in [0, 0.05) is 0 Å². The van der Waals surface area contributed by atoms with Crippen molar-refractivity contribution < 1.29 is 5.11 Å². The van der Waals surface area contributed by atoms with Gasteiger partial charge in [-0.1, -0.05) is 12.5 Å². The molecule has 0 radical (unpaired) electrons. The van der Waals surface area contributed by atoms with Crippen molar-refractivity contribution in [3.05, 3.63) is 12.7 Å². The number of hydrogen-bond acceptors (Lipinski definition) is 1. The van der Waals surface area contributed by atoms with Crippen LogP contribution in [-0.4, -0.2) is 11.2 Å². The van der Waals surface area contributed by atoms with Crippen molar-refractivity contribution >= 4 is 0 Å². The molecule has 0 aromatic heterocycles. The summed E-state index contributed by atoms with van der Waals surface area (Å²) in [5.41, 5.74) is 0. The van der Waals surface area contributed by atoms with E-state index in [0.717, 1.165) is 24.2 Å². The monoisotopic (exact) mass is 166 g/mol. The molecule has 2 rings (SSSR count). The molecule has 2 saturated carbocycles. The van der Waals surface area contributed by atoms with E-state index in [1.54, 1.807) is 6.08 Å². The predicted molar refractivity (Wildman–Crippen MR) is 49.8 cm³/mol. The highest BCUT2D eigenvalue weighted by molar-refractivity contribution is 4.92. The van der Waals surface area contributed by atoms with Gasteiger partial charge in [-0.15, -0.1) is 6.58 Å². The number of hydrogen-bond donors (Lipinski definition) is 1. The molecular formula is C11H18O. The minimum atomic E-state index is -0.255. The molecule has 4 unspecified atom stereocenters. The summed E-state index contributed by atoms with van der Waals surface area (Å²) in [6.45, 7) is 3.61. The van der Waals surface area contributed by atoms with E-state index in [4.69, 9.17) is 0 Å². The average molecular weight is 166 g/mol. The van der Waals surface area contributed by atoms with E-state index in [2.05, 4.69) is 6.58 Å². The Morgan fingerprint density at radius 2 is 2.25 bits per heavy atom. The summed E-state index contributed by atoms with van der Waals surface area (Å²) in [6.07, 6.45) is 8.06. The number of rotatable bonds is 3. The second kappa shape index (κ2) is 3.21. The summed E-state index contributed by atoms with van der Waals surface area (Å²) in [5, 5.41) is 9.43. The Morgan fingerprint density at radius 1 is 1.42 bits per heavy atom. The van der Waals surface area contributed by atoms with Crippen LogP contribution in [0, 0.1) is 17.8 Å². The molecule has 2 aliphatic carbocycles. The molecule has 1 nitrogen and oxygen atoms in total. The van der Waals surface area contributed by atoms with Crippen LogP contribution in [0.15, 0.2) is 12.7 Å². The van der Waals surface area contributed by atoms with Crippen molar-refractivity contribution in [2.45, 2.75) is 38.2 Å². The van der Waals surface area contributed by atoms with E-state index in [0.29, 0.717) is 0 Å². The number of aliphatic hydroxyl groups excluding tert-OH is 1. The third-order valence-electron chi connectivity index (χ3n) is 3.70. The second-order valence-corrected chi connectivity index (χ2v) is 4.47. The first-order valence-corrected chi connectivity index (χ1v) is 5.10. The third kappa shape index (κ3) is 1.42. The summed E-state index contributed by atoms with van der Waals surface area (Å²) in [7, 11) is 0. The van der Waals surface area contributed by atoms with Crippen molar-refractivity contribution in [3.63, 3.8) is 0 Å². The van der Waals surface area contributed by atoms with Gasteiger partial charge in [-0.25, -0.2) is 0 Å². The Labute approximate surface area is 74.5 Å². The lowest BCUT2D eigenvalue weighted by Crippen LogP contribution is -2.16. The lowest BCUT2D eigenvalue weighted by atomic mass is 9.85. The highest BCUT2D eigenvalue weighted by atomic mass is 16.3. The predicted octanol–water partition coefficient (Wildman–Crippen LogP) is 2.36. The molecule has 0 heterocycles. The smallest absolute Gasteiger partial charge is 0.0721 e. The standard InChI is InChI=1S/C11H18O/c1-2-11(12)7-10-6-8-3-4-9(10)5-8/h2,8-12H,1,3-7H2. The zero-order valence-corrected chi connectivity index (χ0v) is 7.58. The van der Waals surface area contributed by atoms with E-state index >= 15 is 0 Å². The molecule has 2 aliphatic rings. The minimum absolute atomic E-state index is 0.255. The molecule has 4 atom stereocenters. The van der Waals surface area contributed by atoms with Crippen LogP contribution in [0.25, 0.3) is 0 Å². The molecule has 68 valence electrons. The normalized spacial score (nSPS) is 41.6. The molecule has 2 bridgehead atoms. The van der Waals surface area contributed by atoms with Gasteiger partial charge in [0.2, 0.25) is 0 Å². The Hall–Kier alpha value is -0.300. The third-order valence-corrected chi connectivity index (χ3v) is 3.70. The summed E-state index contributed by atoms with van der Waals surface area (Å²) in [6, 6.07) is 0. The van der Waals surface area contributed by atoms with E-state index in [1.807, 2.05) is 0 Å². The maximum atomic E-state index is 9.43. The second-order valence-electron chi connectivity index (χ2n) is 4.47. The molecule has 0 aromatic carbocycles. The van der Waals surface area contributed by atoms with Crippen molar-refractivity contribution in [2.24, 2.45) is 17.8 Å². The Bertz CT molecular complexity index is 176. The fourth-order valence-electron chi connectivity index (χ4n) is 3.07. The summed E-state index contributed by atoms with van der Waals surface area (Å²) >= 11 is 0. The first kappa shape index (κ1) is 8.31. The fraction of sp³-hybridized carbons (Fsp3) is 0.818. The largest absolute Gasteiger partial charge is 0.389 e. The molecule has 0 amide bonds. The van der Waals surface area contributed by atoms with Gasteiger partial charge in [0.25, 0.3) is 0 Å². The summed E-state index contributed by atoms with van der Waals surface area (Å²) < 4.78 is 0. The topological polar surface area (TPSA) is 20.2 Å². The van der Waals surface area contributed by atoms with Gasteiger partial charge in [0.15, 0.2) is 0 Å². The molecule has 1 N–H and O–H groups in total. The molecule has 0 saturated heterocycles. The molecule has 2 fully saturated rings. The molecule has 0 aliphatic heterocycles. The molecular weight excluding hydrogens is 148 g/mol. The average Bonchev–Trinajstić information content (AvgIpc) is 2.64. The zero-order valence-electron chi connectivity index (χ0n) is 7.58. The number of aliphatic hydroxyl groups is 1. The van der Waals surface area contributed by atoms with Crippen LogP contribution in [0.4, 0.5) is 0 Å². The van der Waals surface area contributed by atoms with Crippen molar-refractivity contribution in [1.29, 1.82) is 0 Å². The van der Waals surface area contributed by atoms with Crippen LogP contribution >= 0.6 is 0 Å². The van der Waals surface area contributed by atoms with Gasteiger partial charge in [-0.05, 0) is 43.4 Å². The lowest BCUT2D eigenvalue weighted by molar-refractivity contribution is 0.163. The van der Waals surface area contributed by atoms with Gasteiger partial charge in [0.1, 0.15) is 0 Å². The number of fused-ring (bicyclic) bond motifs is 2. The van der Waals surface area contributed by atoms with Crippen molar-refractivity contribution in [1.82, 2.24) is 0 Å². The quantitative estimate of drug-likeness (QED) is 0.638. The van der Waals surface area contributed by atoms with E-state index in [-0.39, 0.29) is 6.10 Å². The van der Waals surface area contributed by atoms with Crippen LogP contribution in [0.5, 0.6) is 0 Å². The van der Waals surface area contributed by atoms with E-state index < -0.39 is 0 Å². The van der Waals surface area contributed by atoms with E-state index in [9.17, 15) is 5.11 Å². The fourth-order valence-corrected chi connectivity index (χ4v) is 3.07. The zero-order chi connectivity index (χ0) is 8.55. The first-order valence-electron chi connectivity index (χ1n) is 5.10. The highest BCUT2D eigenvalue weighted by Crippen LogP contribution is 2.49. The van der Waals surface area contributed by atoms with Gasteiger partial charge in [-0.2, -0.15) is 0 Å². The highest BCUT2D eigenvalue weighted by Gasteiger charge is 2.39. The van der Waals surface area contributed by atoms with Crippen LogP contribution in [0.2, 0.25) is 0 Å². The van der Waals surface area contributed by atoms with Crippen molar-refractivity contribution in [3.8, 4) is 0 Å². The minimum Gasteiger partial charge on any atom is -0.389 e. The Balaban J connectivity index is 1.86. The molecule has 0 aromatic rings. The molecule has 0 spiro atoms.